The van der Waals surface area contributed by atoms with Gasteiger partial charge in [-0.25, -0.2) is 4.39 Å². The minimum Gasteiger partial charge on any atom is -0.338 e. The Morgan fingerprint density at radius 3 is 2.50 bits per heavy atom. The number of carbonyl (C=O) groups is 3. The van der Waals surface area contributed by atoms with E-state index in [-0.39, 0.29) is 58.1 Å². The van der Waals surface area contributed by atoms with Gasteiger partial charge in [0.15, 0.2) is 0 Å². The van der Waals surface area contributed by atoms with E-state index in [1.54, 1.807) is 36.1 Å². The minimum atomic E-state index is -0.827. The molecule has 1 aromatic rings. The second-order valence-corrected chi connectivity index (χ2v) is 11.7. The molecule has 0 saturated carbocycles. The smallest absolute Gasteiger partial charge is 0.256 e. The van der Waals surface area contributed by atoms with Crippen LogP contribution in [0.15, 0.2) is 48.2 Å². The van der Waals surface area contributed by atoms with Crippen molar-refractivity contribution in [2.24, 2.45) is 5.41 Å². The van der Waals surface area contributed by atoms with Crippen LogP contribution >= 0.6 is 11.6 Å². The van der Waals surface area contributed by atoms with Crippen molar-refractivity contribution in [1.29, 1.82) is 0 Å². The van der Waals surface area contributed by atoms with Gasteiger partial charge in [-0.05, 0) is 56.3 Å². The van der Waals surface area contributed by atoms with Gasteiger partial charge in [-0.15, -0.1) is 0 Å². The molecule has 38 heavy (non-hydrogen) atoms. The van der Waals surface area contributed by atoms with E-state index in [0.29, 0.717) is 31.6 Å². The summed E-state index contributed by atoms with van der Waals surface area (Å²) in [5, 5.41) is 0.270. The van der Waals surface area contributed by atoms with Crippen molar-refractivity contribution in [3.8, 4) is 0 Å². The fourth-order valence-electron chi connectivity index (χ4n) is 4.65. The third kappa shape index (κ3) is 6.72. The van der Waals surface area contributed by atoms with Crippen molar-refractivity contribution >= 4 is 34.9 Å². The molecule has 3 rings (SSSR count). The maximum atomic E-state index is 14.8. The highest BCUT2D eigenvalue weighted by Gasteiger charge is 2.44. The quantitative estimate of drug-likeness (QED) is 0.504. The normalized spacial score (nSPS) is 20.4. The van der Waals surface area contributed by atoms with Crippen molar-refractivity contribution < 1.29 is 18.8 Å². The van der Waals surface area contributed by atoms with E-state index in [9.17, 15) is 18.8 Å². The maximum Gasteiger partial charge on any atom is 0.256 e. The van der Waals surface area contributed by atoms with Crippen molar-refractivity contribution in [3.05, 3.63) is 64.6 Å². The molecule has 0 aliphatic carbocycles. The summed E-state index contributed by atoms with van der Waals surface area (Å²) in [5.74, 6) is -1.19. The molecule has 1 aromatic carbocycles. The molecule has 1 unspecified atom stereocenters. The first-order chi connectivity index (χ1) is 17.7. The SMILES string of the molecule is C=C1C(=CC(=CC)c2ccc(Cl)cc2F)C(=O)N2CCN(C(=O)CC(C)(C)C)CC2C(=O)N1CCN(C)C. The minimum absolute atomic E-state index is 0.0366. The molecule has 1 atom stereocenters. The summed E-state index contributed by atoms with van der Waals surface area (Å²) in [5.41, 5.74) is 1.05. The standard InChI is InChI=1S/C29H38ClFN4O3/c1-8-20(22-10-9-21(30)16-24(22)31)15-23-19(2)34(13-11-32(6)7)28(38)25-18-33(12-14-35(25)27(23)37)26(36)17-29(3,4)5/h8-10,15-16,25H,2,11-14,17-18H2,1,3-7H3. The van der Waals surface area contributed by atoms with E-state index in [1.807, 2.05) is 39.8 Å². The lowest BCUT2D eigenvalue weighted by atomic mass is 9.91. The van der Waals surface area contributed by atoms with Gasteiger partial charge in [0.05, 0.1) is 12.1 Å². The van der Waals surface area contributed by atoms with Crippen LogP contribution in [0.25, 0.3) is 5.57 Å². The molecule has 2 aliphatic rings. The van der Waals surface area contributed by atoms with Gasteiger partial charge in [0.25, 0.3) is 11.8 Å². The number of rotatable bonds is 6. The number of fused-ring (bicyclic) bond motifs is 1. The zero-order valence-electron chi connectivity index (χ0n) is 23.2. The monoisotopic (exact) mass is 544 g/mol. The zero-order chi connectivity index (χ0) is 28.4. The number of hydrogen-bond acceptors (Lipinski definition) is 4. The zero-order valence-corrected chi connectivity index (χ0v) is 23.9. The maximum absolute atomic E-state index is 14.8. The largest absolute Gasteiger partial charge is 0.338 e. The average Bonchev–Trinajstić information content (AvgIpc) is 2.89. The molecule has 9 heteroatoms. The molecule has 206 valence electrons. The number of amides is 3. The van der Waals surface area contributed by atoms with Crippen molar-refractivity contribution in [1.82, 2.24) is 19.6 Å². The lowest BCUT2D eigenvalue weighted by Gasteiger charge is -2.40. The van der Waals surface area contributed by atoms with E-state index in [2.05, 4.69) is 6.58 Å². The number of carbonyl (C=O) groups excluding carboxylic acids is 3. The highest BCUT2D eigenvalue weighted by molar-refractivity contribution is 6.30. The van der Waals surface area contributed by atoms with Crippen LogP contribution in [0.1, 0.15) is 39.7 Å². The fraction of sp³-hybridized carbons (Fsp3) is 0.483. The van der Waals surface area contributed by atoms with Gasteiger partial charge < -0.3 is 19.6 Å². The summed E-state index contributed by atoms with van der Waals surface area (Å²) in [6, 6.07) is 3.54. The molecule has 2 heterocycles. The molecule has 2 fully saturated rings. The first-order valence-electron chi connectivity index (χ1n) is 12.8. The van der Waals surface area contributed by atoms with Gasteiger partial charge in [0.1, 0.15) is 11.9 Å². The summed E-state index contributed by atoms with van der Waals surface area (Å²) in [6.45, 7) is 13.4. The summed E-state index contributed by atoms with van der Waals surface area (Å²) in [4.78, 5) is 47.4. The Balaban J connectivity index is 2.03. The van der Waals surface area contributed by atoms with Crippen molar-refractivity contribution in [3.63, 3.8) is 0 Å². The average molecular weight is 545 g/mol. The first kappa shape index (κ1) is 29.6. The van der Waals surface area contributed by atoms with Gasteiger partial charge in [0.2, 0.25) is 5.91 Å². The highest BCUT2D eigenvalue weighted by Crippen LogP contribution is 2.31. The van der Waals surface area contributed by atoms with Crippen LogP contribution in [0.3, 0.4) is 0 Å². The summed E-state index contributed by atoms with van der Waals surface area (Å²) in [7, 11) is 3.79. The van der Waals surface area contributed by atoms with Gasteiger partial charge >= 0.3 is 0 Å². The van der Waals surface area contributed by atoms with E-state index < -0.39 is 11.9 Å². The number of benzene rings is 1. The Morgan fingerprint density at radius 1 is 1.24 bits per heavy atom. The Bertz CT molecular complexity index is 1180. The van der Waals surface area contributed by atoms with E-state index in [4.69, 9.17) is 11.6 Å². The van der Waals surface area contributed by atoms with Crippen LogP contribution in [0.5, 0.6) is 0 Å². The van der Waals surface area contributed by atoms with Gasteiger partial charge in [-0.2, -0.15) is 0 Å². The molecule has 2 saturated heterocycles. The second-order valence-electron chi connectivity index (χ2n) is 11.3. The van der Waals surface area contributed by atoms with Gasteiger partial charge in [-0.3, -0.25) is 14.4 Å². The summed E-state index contributed by atoms with van der Waals surface area (Å²) in [6.07, 6.45) is 3.64. The Labute approximate surface area is 230 Å². The van der Waals surface area contributed by atoms with E-state index in [1.165, 1.54) is 15.9 Å². The molecular weight excluding hydrogens is 507 g/mol. The number of allylic oxidation sites excluding steroid dienone is 3. The molecule has 2 aliphatic heterocycles. The van der Waals surface area contributed by atoms with Crippen LogP contribution in [0.2, 0.25) is 5.02 Å². The molecule has 0 aromatic heterocycles. The van der Waals surface area contributed by atoms with E-state index in [0.717, 1.165) is 0 Å². The number of halogens is 2. The number of piperazine rings is 1. The Hall–Kier alpha value is -2.97. The van der Waals surface area contributed by atoms with Crippen LogP contribution < -0.4 is 0 Å². The van der Waals surface area contributed by atoms with Gasteiger partial charge in [-0.1, -0.05) is 45.0 Å². The highest BCUT2D eigenvalue weighted by atomic mass is 35.5. The lowest BCUT2D eigenvalue weighted by Crippen LogP contribution is -2.60. The summed E-state index contributed by atoms with van der Waals surface area (Å²) >= 11 is 5.94. The molecule has 7 nitrogen and oxygen atoms in total. The predicted molar refractivity (Wildman–Crippen MR) is 149 cm³/mol. The van der Waals surface area contributed by atoms with Crippen LogP contribution in [-0.2, 0) is 14.4 Å². The summed E-state index contributed by atoms with van der Waals surface area (Å²) < 4.78 is 14.8. The molecular formula is C29H38ClFN4O3. The molecule has 0 N–H and O–H groups in total. The van der Waals surface area contributed by atoms with Crippen molar-refractivity contribution in [2.75, 3.05) is 46.8 Å². The van der Waals surface area contributed by atoms with Crippen LogP contribution in [0, 0.1) is 11.2 Å². The molecule has 3 amide bonds. The Kier molecular flexibility index (Phi) is 9.21. The van der Waals surface area contributed by atoms with Crippen LogP contribution in [-0.4, -0.2) is 90.2 Å². The molecule has 0 spiro atoms. The predicted octanol–water partition coefficient (Wildman–Crippen LogP) is 4.20. The third-order valence-electron chi connectivity index (χ3n) is 6.72. The fourth-order valence-corrected chi connectivity index (χ4v) is 4.81. The van der Waals surface area contributed by atoms with E-state index >= 15 is 0 Å². The second kappa shape index (κ2) is 11.8. The lowest BCUT2D eigenvalue weighted by molar-refractivity contribution is -0.148. The van der Waals surface area contributed by atoms with Crippen molar-refractivity contribution in [2.45, 2.75) is 40.2 Å². The molecule has 0 radical (unpaired) electrons. The van der Waals surface area contributed by atoms with Gasteiger partial charge in [0, 0.05) is 48.9 Å². The molecule has 0 bridgehead atoms. The number of hydrogen-bond donors (Lipinski definition) is 0. The Morgan fingerprint density at radius 2 is 1.92 bits per heavy atom. The topological polar surface area (TPSA) is 64.2 Å². The number of nitrogens with zero attached hydrogens (tertiary/aromatic N) is 4. The number of likely N-dealkylation sites (N-methyl/N-ethyl adjacent to an activating group) is 1. The first-order valence-corrected chi connectivity index (χ1v) is 13.2. The van der Waals surface area contributed by atoms with Crippen LogP contribution in [0.4, 0.5) is 4.39 Å². The third-order valence-corrected chi connectivity index (χ3v) is 6.95.